The molecule has 2 nitrogen and oxygen atoms in total. The normalized spacial score (nSPS) is 40.8. The van der Waals surface area contributed by atoms with E-state index >= 15 is 0 Å². The number of nitrogens with zero attached hydrogens (tertiary/aromatic N) is 1. The van der Waals surface area contributed by atoms with Gasteiger partial charge in [-0.25, -0.2) is 0 Å². The number of piperidine rings is 1. The second kappa shape index (κ2) is 3.25. The van der Waals surface area contributed by atoms with Crippen molar-refractivity contribution in [3.8, 4) is 0 Å². The largest absolute Gasteiger partial charge is 0.374 e. The van der Waals surface area contributed by atoms with E-state index in [1.807, 2.05) is 0 Å². The van der Waals surface area contributed by atoms with Crippen molar-refractivity contribution in [3.05, 3.63) is 0 Å². The standard InChI is InChI=1S/C11H21NO/c1-7(2)13-8(3)11-10-5-9(10)6-12(11)4/h7-11H,5-6H2,1-4H3/t8?,9-,10?,11+/m0/s1. The summed E-state index contributed by atoms with van der Waals surface area (Å²) in [4.78, 5) is 2.48. The first-order chi connectivity index (χ1) is 6.09. The summed E-state index contributed by atoms with van der Waals surface area (Å²) in [5.41, 5.74) is 0. The number of ether oxygens (including phenoxy) is 1. The van der Waals surface area contributed by atoms with Crippen LogP contribution in [0.4, 0.5) is 0 Å². The summed E-state index contributed by atoms with van der Waals surface area (Å²) in [6.07, 6.45) is 2.21. The van der Waals surface area contributed by atoms with Crippen LogP contribution in [0.1, 0.15) is 27.2 Å². The summed E-state index contributed by atoms with van der Waals surface area (Å²) in [7, 11) is 2.23. The molecule has 2 heteroatoms. The van der Waals surface area contributed by atoms with Crippen LogP contribution in [0.25, 0.3) is 0 Å². The first kappa shape index (κ1) is 9.47. The minimum absolute atomic E-state index is 0.362. The highest BCUT2D eigenvalue weighted by molar-refractivity contribution is 5.05. The molecule has 0 aromatic carbocycles. The Kier molecular flexibility index (Phi) is 2.37. The quantitative estimate of drug-likeness (QED) is 0.661. The lowest BCUT2D eigenvalue weighted by atomic mass is 10.1. The van der Waals surface area contributed by atoms with Gasteiger partial charge in [0.05, 0.1) is 12.2 Å². The van der Waals surface area contributed by atoms with Gasteiger partial charge in [0.15, 0.2) is 0 Å². The van der Waals surface area contributed by atoms with Gasteiger partial charge in [-0.05, 0) is 46.1 Å². The topological polar surface area (TPSA) is 12.5 Å². The molecule has 0 aromatic heterocycles. The van der Waals surface area contributed by atoms with Gasteiger partial charge in [0.25, 0.3) is 0 Å². The van der Waals surface area contributed by atoms with Gasteiger partial charge in [-0.3, -0.25) is 0 Å². The number of fused-ring (bicyclic) bond motifs is 1. The summed E-state index contributed by atoms with van der Waals surface area (Å²) >= 11 is 0. The molecule has 0 bridgehead atoms. The average Bonchev–Trinajstić information content (AvgIpc) is 2.60. The molecule has 1 heterocycles. The first-order valence-electron chi connectivity index (χ1n) is 5.45. The molecular weight excluding hydrogens is 162 g/mol. The van der Waals surface area contributed by atoms with Crippen LogP contribution in [0.3, 0.4) is 0 Å². The van der Waals surface area contributed by atoms with Crippen LogP contribution in [0.2, 0.25) is 0 Å². The maximum Gasteiger partial charge on any atom is 0.0708 e. The first-order valence-corrected chi connectivity index (χ1v) is 5.45. The van der Waals surface area contributed by atoms with Crippen molar-refractivity contribution in [1.29, 1.82) is 0 Å². The smallest absolute Gasteiger partial charge is 0.0708 e. The molecule has 1 saturated carbocycles. The molecule has 0 radical (unpaired) electrons. The Labute approximate surface area is 81.3 Å². The molecule has 0 amide bonds. The molecule has 1 saturated heterocycles. The molecule has 76 valence electrons. The summed E-state index contributed by atoms with van der Waals surface area (Å²) in [6.45, 7) is 7.76. The second-order valence-corrected chi connectivity index (χ2v) is 4.98. The molecule has 13 heavy (non-hydrogen) atoms. The zero-order valence-electron chi connectivity index (χ0n) is 9.16. The Morgan fingerprint density at radius 1 is 1.31 bits per heavy atom. The lowest BCUT2D eigenvalue weighted by molar-refractivity contribution is -0.0271. The fraction of sp³-hybridized carbons (Fsp3) is 1.00. The van der Waals surface area contributed by atoms with Gasteiger partial charge in [-0.2, -0.15) is 0 Å². The maximum absolute atomic E-state index is 5.86. The van der Waals surface area contributed by atoms with Crippen molar-refractivity contribution in [2.75, 3.05) is 13.6 Å². The molecule has 1 aliphatic heterocycles. The SMILES string of the molecule is CC(C)OC(C)[C@@H]1C2C[C@H]2CN1C. The third kappa shape index (κ3) is 1.75. The van der Waals surface area contributed by atoms with Crippen LogP contribution in [0, 0.1) is 11.8 Å². The van der Waals surface area contributed by atoms with Gasteiger partial charge in [0.2, 0.25) is 0 Å². The third-order valence-electron chi connectivity index (χ3n) is 3.42. The highest BCUT2D eigenvalue weighted by atomic mass is 16.5. The van der Waals surface area contributed by atoms with Crippen LogP contribution < -0.4 is 0 Å². The van der Waals surface area contributed by atoms with Crippen molar-refractivity contribution < 1.29 is 4.74 Å². The molecule has 0 N–H and O–H groups in total. The monoisotopic (exact) mass is 183 g/mol. The van der Waals surface area contributed by atoms with Gasteiger partial charge in [0.1, 0.15) is 0 Å². The molecule has 2 fully saturated rings. The lowest BCUT2D eigenvalue weighted by Crippen LogP contribution is -2.40. The van der Waals surface area contributed by atoms with Crippen molar-refractivity contribution in [2.45, 2.75) is 45.4 Å². The van der Waals surface area contributed by atoms with E-state index in [9.17, 15) is 0 Å². The molecule has 0 spiro atoms. The van der Waals surface area contributed by atoms with Crippen LogP contribution in [-0.2, 0) is 4.74 Å². The second-order valence-electron chi connectivity index (χ2n) is 4.98. The maximum atomic E-state index is 5.86. The summed E-state index contributed by atoms with van der Waals surface area (Å²) < 4.78 is 5.86. The van der Waals surface area contributed by atoms with E-state index in [0.717, 1.165) is 11.8 Å². The van der Waals surface area contributed by atoms with E-state index in [1.54, 1.807) is 0 Å². The number of likely N-dealkylation sites (N-methyl/N-ethyl adjacent to an activating group) is 1. The van der Waals surface area contributed by atoms with Crippen molar-refractivity contribution in [3.63, 3.8) is 0 Å². The minimum atomic E-state index is 0.362. The van der Waals surface area contributed by atoms with E-state index in [0.29, 0.717) is 18.2 Å². The van der Waals surface area contributed by atoms with Gasteiger partial charge >= 0.3 is 0 Å². The Morgan fingerprint density at radius 2 is 2.00 bits per heavy atom. The highest BCUT2D eigenvalue weighted by Gasteiger charge is 2.53. The van der Waals surface area contributed by atoms with Crippen LogP contribution in [-0.4, -0.2) is 36.7 Å². The average molecular weight is 183 g/mol. The molecule has 2 unspecified atom stereocenters. The van der Waals surface area contributed by atoms with Crippen molar-refractivity contribution >= 4 is 0 Å². The van der Waals surface area contributed by atoms with E-state index in [-0.39, 0.29) is 0 Å². The third-order valence-corrected chi connectivity index (χ3v) is 3.42. The van der Waals surface area contributed by atoms with E-state index in [2.05, 4.69) is 32.7 Å². The minimum Gasteiger partial charge on any atom is -0.374 e. The zero-order chi connectivity index (χ0) is 9.59. The van der Waals surface area contributed by atoms with Gasteiger partial charge < -0.3 is 9.64 Å². The number of likely N-dealkylation sites (tertiary alicyclic amines) is 1. The molecule has 2 rings (SSSR count). The summed E-state index contributed by atoms with van der Waals surface area (Å²) in [5, 5.41) is 0. The number of rotatable bonds is 3. The summed E-state index contributed by atoms with van der Waals surface area (Å²) in [6, 6.07) is 0.687. The highest BCUT2D eigenvalue weighted by Crippen LogP contribution is 2.50. The Hall–Kier alpha value is -0.0800. The van der Waals surface area contributed by atoms with Crippen molar-refractivity contribution in [1.82, 2.24) is 4.90 Å². The lowest BCUT2D eigenvalue weighted by Gasteiger charge is -2.30. The predicted octanol–water partition coefficient (Wildman–Crippen LogP) is 1.75. The van der Waals surface area contributed by atoms with Gasteiger partial charge in [0, 0.05) is 12.6 Å². The Morgan fingerprint density at radius 3 is 2.46 bits per heavy atom. The van der Waals surface area contributed by atoms with E-state index < -0.39 is 0 Å². The Bertz CT molecular complexity index is 191. The van der Waals surface area contributed by atoms with Crippen molar-refractivity contribution in [2.24, 2.45) is 11.8 Å². The van der Waals surface area contributed by atoms with Crippen LogP contribution >= 0.6 is 0 Å². The molecule has 1 aliphatic carbocycles. The molecule has 0 aromatic rings. The van der Waals surface area contributed by atoms with Gasteiger partial charge in [-0.15, -0.1) is 0 Å². The molecule has 4 atom stereocenters. The molecule has 2 aliphatic rings. The van der Waals surface area contributed by atoms with E-state index in [4.69, 9.17) is 4.74 Å². The summed E-state index contributed by atoms with van der Waals surface area (Å²) in [5.74, 6) is 1.94. The number of hydrogen-bond acceptors (Lipinski definition) is 2. The van der Waals surface area contributed by atoms with Crippen LogP contribution in [0.15, 0.2) is 0 Å². The van der Waals surface area contributed by atoms with Gasteiger partial charge in [-0.1, -0.05) is 0 Å². The zero-order valence-corrected chi connectivity index (χ0v) is 9.16. The van der Waals surface area contributed by atoms with E-state index in [1.165, 1.54) is 13.0 Å². The van der Waals surface area contributed by atoms with Crippen LogP contribution in [0.5, 0.6) is 0 Å². The number of hydrogen-bond donors (Lipinski definition) is 0. The fourth-order valence-corrected chi connectivity index (χ4v) is 2.93. The Balaban J connectivity index is 1.91. The molecular formula is C11H21NO. The predicted molar refractivity (Wildman–Crippen MR) is 53.7 cm³/mol. The fourth-order valence-electron chi connectivity index (χ4n) is 2.93.